The second-order valence-corrected chi connectivity index (χ2v) is 4.06. The van der Waals surface area contributed by atoms with E-state index in [4.69, 9.17) is 15.0 Å². The third kappa shape index (κ3) is 0.901. The van der Waals surface area contributed by atoms with Crippen LogP contribution in [-0.4, -0.2) is 11.8 Å². The van der Waals surface area contributed by atoms with Gasteiger partial charge in [0, 0.05) is 16.5 Å². The molecule has 0 fully saturated rings. The number of hydrogen-bond donors (Lipinski definition) is 1. The van der Waals surface area contributed by atoms with Crippen LogP contribution in [0.25, 0.3) is 11.0 Å². The van der Waals surface area contributed by atoms with E-state index in [-0.39, 0.29) is 0 Å². The van der Waals surface area contributed by atoms with E-state index in [1.807, 2.05) is 6.07 Å². The van der Waals surface area contributed by atoms with Gasteiger partial charge in [0.25, 0.3) is 0 Å². The highest BCUT2D eigenvalue weighted by molar-refractivity contribution is 9.10. The van der Waals surface area contributed by atoms with Crippen LogP contribution in [-0.2, 0) is 6.42 Å². The van der Waals surface area contributed by atoms with Crippen LogP contribution in [0.2, 0.25) is 0 Å². The van der Waals surface area contributed by atoms with Crippen molar-refractivity contribution in [1.29, 1.82) is 0 Å². The van der Waals surface area contributed by atoms with Gasteiger partial charge in [-0.3, -0.25) is 0 Å². The maximum atomic E-state index is 5.70. The number of hydrogen-bond acceptors (Lipinski definition) is 4. The number of halogens is 1. The molecule has 0 radical (unpaired) electrons. The van der Waals surface area contributed by atoms with Gasteiger partial charge in [-0.2, -0.15) is 0 Å². The molecule has 0 aliphatic carbocycles. The molecule has 2 heterocycles. The molecule has 0 unspecified atom stereocenters. The van der Waals surface area contributed by atoms with Gasteiger partial charge in [-0.05, 0) is 6.07 Å². The Morgan fingerprint density at radius 3 is 3.21 bits per heavy atom. The Hall–Kier alpha value is -1.23. The molecule has 0 atom stereocenters. The zero-order valence-corrected chi connectivity index (χ0v) is 8.80. The van der Waals surface area contributed by atoms with Gasteiger partial charge in [0.2, 0.25) is 0 Å². The third-order valence-corrected chi connectivity index (χ3v) is 3.10. The van der Waals surface area contributed by atoms with Crippen molar-refractivity contribution >= 4 is 32.7 Å². The first-order chi connectivity index (χ1) is 6.77. The minimum atomic E-state index is 0.394. The molecule has 2 aromatic rings. The Morgan fingerprint density at radius 2 is 2.36 bits per heavy atom. The fraction of sp³-hybridized carbons (Fsp3) is 0.222. The van der Waals surface area contributed by atoms with Crippen molar-refractivity contribution in [3.8, 4) is 5.75 Å². The fourth-order valence-corrected chi connectivity index (χ4v) is 2.34. The van der Waals surface area contributed by atoms with E-state index in [1.54, 1.807) is 0 Å². The van der Waals surface area contributed by atoms with Crippen LogP contribution in [0.15, 0.2) is 15.1 Å². The van der Waals surface area contributed by atoms with Gasteiger partial charge < -0.3 is 15.0 Å². The maximum Gasteiger partial charge on any atom is 0.178 e. The lowest BCUT2D eigenvalue weighted by atomic mass is 10.1. The molecule has 3 rings (SSSR count). The van der Waals surface area contributed by atoms with E-state index in [1.165, 1.54) is 0 Å². The van der Waals surface area contributed by atoms with Gasteiger partial charge in [-0.15, -0.1) is 0 Å². The lowest BCUT2D eigenvalue weighted by Crippen LogP contribution is -1.89. The summed E-state index contributed by atoms with van der Waals surface area (Å²) in [6, 6.07) is 1.88. The molecular weight excluding hydrogens is 248 g/mol. The molecule has 14 heavy (non-hydrogen) atoms. The molecule has 1 aliphatic heterocycles. The fourth-order valence-electron chi connectivity index (χ4n) is 1.75. The van der Waals surface area contributed by atoms with Crippen LogP contribution in [0.4, 0.5) is 5.82 Å². The Kier molecular flexibility index (Phi) is 1.53. The van der Waals surface area contributed by atoms with Crippen LogP contribution in [0.1, 0.15) is 5.56 Å². The predicted molar refractivity (Wildman–Crippen MR) is 55.3 cm³/mol. The standard InChI is InChI=1S/C9H7BrN2O2/c10-5-3-6-7(9(11)12-14-6)8-4(5)1-2-13-8/h3H,1-2H2,(H2,11,12). The average molecular weight is 255 g/mol. The van der Waals surface area contributed by atoms with Crippen molar-refractivity contribution < 1.29 is 9.26 Å². The first-order valence-corrected chi connectivity index (χ1v) is 5.05. The number of nitrogens with zero attached hydrogens (tertiary/aromatic N) is 1. The van der Waals surface area contributed by atoms with Crippen molar-refractivity contribution in [3.05, 3.63) is 16.1 Å². The molecule has 0 amide bonds. The van der Waals surface area contributed by atoms with Crippen LogP contribution >= 0.6 is 15.9 Å². The van der Waals surface area contributed by atoms with Crippen LogP contribution in [0.5, 0.6) is 5.75 Å². The Labute approximate surface area is 88.1 Å². The second-order valence-electron chi connectivity index (χ2n) is 3.21. The molecule has 0 saturated carbocycles. The highest BCUT2D eigenvalue weighted by atomic mass is 79.9. The number of aromatic nitrogens is 1. The zero-order chi connectivity index (χ0) is 9.71. The van der Waals surface area contributed by atoms with Gasteiger partial charge in [0.05, 0.1) is 6.61 Å². The number of anilines is 1. The van der Waals surface area contributed by atoms with E-state index in [9.17, 15) is 0 Å². The van der Waals surface area contributed by atoms with E-state index in [0.717, 1.165) is 27.6 Å². The Bertz CT molecular complexity index is 521. The van der Waals surface area contributed by atoms with E-state index in [2.05, 4.69) is 21.1 Å². The van der Waals surface area contributed by atoms with Crippen molar-refractivity contribution in [2.24, 2.45) is 0 Å². The molecule has 0 spiro atoms. The average Bonchev–Trinajstić information content (AvgIpc) is 2.72. The number of benzene rings is 1. The lowest BCUT2D eigenvalue weighted by Gasteiger charge is -2.01. The summed E-state index contributed by atoms with van der Waals surface area (Å²) in [7, 11) is 0. The number of rotatable bonds is 0. The van der Waals surface area contributed by atoms with Crippen molar-refractivity contribution in [1.82, 2.24) is 5.16 Å². The van der Waals surface area contributed by atoms with E-state index >= 15 is 0 Å². The predicted octanol–water partition coefficient (Wildman–Crippen LogP) is 2.11. The summed E-state index contributed by atoms with van der Waals surface area (Å²) in [6.07, 6.45) is 0.899. The maximum absolute atomic E-state index is 5.70. The second kappa shape index (κ2) is 2.63. The normalized spacial score (nSPS) is 14.4. The van der Waals surface area contributed by atoms with Crippen molar-refractivity contribution in [3.63, 3.8) is 0 Å². The van der Waals surface area contributed by atoms with Crippen LogP contribution in [0, 0.1) is 0 Å². The number of fused-ring (bicyclic) bond motifs is 3. The topological polar surface area (TPSA) is 61.3 Å². The minimum Gasteiger partial charge on any atom is -0.492 e. The summed E-state index contributed by atoms with van der Waals surface area (Å²) in [4.78, 5) is 0. The van der Waals surface area contributed by atoms with Gasteiger partial charge in [-0.1, -0.05) is 21.1 Å². The third-order valence-electron chi connectivity index (χ3n) is 2.39. The summed E-state index contributed by atoms with van der Waals surface area (Å²) in [5.74, 6) is 1.21. The number of nitrogen functional groups attached to an aromatic ring is 1. The monoisotopic (exact) mass is 254 g/mol. The largest absolute Gasteiger partial charge is 0.492 e. The molecule has 5 heteroatoms. The molecule has 0 saturated heterocycles. The quantitative estimate of drug-likeness (QED) is 0.783. The smallest absolute Gasteiger partial charge is 0.178 e. The Balaban J connectivity index is 2.49. The molecule has 1 aromatic heterocycles. The molecule has 2 N–H and O–H groups in total. The molecular formula is C9H7BrN2O2. The summed E-state index contributed by atoms with van der Waals surface area (Å²) in [5.41, 5.74) is 7.51. The summed E-state index contributed by atoms with van der Waals surface area (Å²) < 4.78 is 11.6. The van der Waals surface area contributed by atoms with Crippen LogP contribution < -0.4 is 10.5 Å². The summed E-state index contributed by atoms with van der Waals surface area (Å²) in [6.45, 7) is 0.692. The molecule has 1 aliphatic rings. The Morgan fingerprint density at radius 1 is 1.50 bits per heavy atom. The van der Waals surface area contributed by atoms with Crippen molar-refractivity contribution in [2.75, 3.05) is 12.3 Å². The van der Waals surface area contributed by atoms with Gasteiger partial charge >= 0.3 is 0 Å². The highest BCUT2D eigenvalue weighted by Crippen LogP contribution is 2.41. The SMILES string of the molecule is Nc1noc2cc(Br)c3c(c12)OCC3. The zero-order valence-electron chi connectivity index (χ0n) is 7.21. The van der Waals surface area contributed by atoms with Gasteiger partial charge in [0.1, 0.15) is 11.1 Å². The first kappa shape index (κ1) is 8.11. The van der Waals surface area contributed by atoms with Crippen LogP contribution in [0.3, 0.4) is 0 Å². The highest BCUT2D eigenvalue weighted by Gasteiger charge is 2.23. The van der Waals surface area contributed by atoms with Crippen molar-refractivity contribution in [2.45, 2.75) is 6.42 Å². The van der Waals surface area contributed by atoms with Gasteiger partial charge in [-0.25, -0.2) is 0 Å². The first-order valence-electron chi connectivity index (χ1n) is 4.26. The van der Waals surface area contributed by atoms with Gasteiger partial charge in [0.15, 0.2) is 11.4 Å². The molecule has 4 nitrogen and oxygen atoms in total. The molecule has 1 aromatic carbocycles. The number of nitrogens with two attached hydrogens (primary N) is 1. The lowest BCUT2D eigenvalue weighted by molar-refractivity contribution is 0.360. The van der Waals surface area contributed by atoms with E-state index in [0.29, 0.717) is 18.0 Å². The van der Waals surface area contributed by atoms with E-state index < -0.39 is 0 Å². The number of ether oxygens (including phenoxy) is 1. The molecule has 72 valence electrons. The summed E-state index contributed by atoms with van der Waals surface area (Å²) >= 11 is 3.47. The minimum absolute atomic E-state index is 0.394. The summed E-state index contributed by atoms with van der Waals surface area (Å²) in [5, 5.41) is 4.51. The molecule has 0 bridgehead atoms.